The highest BCUT2D eigenvalue weighted by Crippen LogP contribution is 2.52. The van der Waals surface area contributed by atoms with Crippen LogP contribution < -0.4 is 10.1 Å². The summed E-state index contributed by atoms with van der Waals surface area (Å²) in [5, 5.41) is 3.93. The van der Waals surface area contributed by atoms with E-state index >= 15 is 0 Å². The van der Waals surface area contributed by atoms with Gasteiger partial charge < -0.3 is 10.1 Å². The first kappa shape index (κ1) is 14.7. The van der Waals surface area contributed by atoms with E-state index in [1.54, 1.807) is 0 Å². The zero-order chi connectivity index (χ0) is 16.6. The topological polar surface area (TPSA) is 21.3 Å². The highest BCUT2D eigenvalue weighted by Gasteiger charge is 2.47. The molecule has 0 aromatic heterocycles. The minimum Gasteiger partial charge on any atom is -0.493 e. The Hall–Kier alpha value is -2.58. The summed E-state index contributed by atoms with van der Waals surface area (Å²) in [6.07, 6.45) is 0. The fourth-order valence-corrected chi connectivity index (χ4v) is 4.53. The van der Waals surface area contributed by atoms with Gasteiger partial charge in [0.2, 0.25) is 0 Å². The van der Waals surface area contributed by atoms with Gasteiger partial charge >= 0.3 is 0 Å². The van der Waals surface area contributed by atoms with Crippen LogP contribution in [0.1, 0.15) is 34.7 Å². The van der Waals surface area contributed by atoms with E-state index in [2.05, 4.69) is 90.2 Å². The number of hydrogen-bond donors (Lipinski definition) is 1. The maximum absolute atomic E-state index is 6.13. The second-order valence-corrected chi connectivity index (χ2v) is 6.98. The highest BCUT2D eigenvalue weighted by molar-refractivity contribution is 5.42. The fourth-order valence-electron chi connectivity index (χ4n) is 4.53. The molecule has 1 fully saturated rings. The van der Waals surface area contributed by atoms with Gasteiger partial charge in [-0.05, 0) is 17.2 Å². The van der Waals surface area contributed by atoms with Crippen LogP contribution in [0.25, 0.3) is 0 Å². The Morgan fingerprint density at radius 3 is 2.08 bits per heavy atom. The predicted octanol–water partition coefficient (Wildman–Crippen LogP) is 4.86. The third-order valence-electron chi connectivity index (χ3n) is 5.64. The molecule has 0 saturated carbocycles. The molecule has 4 atom stereocenters. The Morgan fingerprint density at radius 2 is 1.32 bits per heavy atom. The zero-order valence-electron chi connectivity index (χ0n) is 14.0. The Balaban J connectivity index is 1.62. The molecule has 3 aromatic carbocycles. The van der Waals surface area contributed by atoms with Crippen molar-refractivity contribution in [2.45, 2.75) is 18.0 Å². The standard InChI is InChI=1S/C23H21NO/c1-3-9-16(10-4-1)21-19-15-25-20-14-8-7-13-18(20)23(19)24-22(21)17-11-5-2-6-12-17/h1-14,19,21-24H,15H2/t19-,21+,22+,23-/m0/s1. The lowest BCUT2D eigenvalue weighted by Gasteiger charge is -2.31. The van der Waals surface area contributed by atoms with Crippen LogP contribution in [0.15, 0.2) is 84.9 Å². The van der Waals surface area contributed by atoms with Crippen LogP contribution in [-0.2, 0) is 0 Å². The second-order valence-electron chi connectivity index (χ2n) is 6.98. The van der Waals surface area contributed by atoms with Gasteiger partial charge in [0, 0.05) is 29.5 Å². The van der Waals surface area contributed by atoms with Crippen LogP contribution in [0, 0.1) is 5.92 Å². The molecule has 1 N–H and O–H groups in total. The number of para-hydroxylation sites is 1. The average molecular weight is 327 g/mol. The van der Waals surface area contributed by atoms with Crippen LogP contribution in [-0.4, -0.2) is 6.61 Å². The lowest BCUT2D eigenvalue weighted by atomic mass is 9.78. The van der Waals surface area contributed by atoms with Crippen molar-refractivity contribution in [3.8, 4) is 5.75 Å². The van der Waals surface area contributed by atoms with Crippen LogP contribution >= 0.6 is 0 Å². The molecule has 3 aromatic rings. The van der Waals surface area contributed by atoms with E-state index in [0.717, 1.165) is 12.4 Å². The Labute approximate surface area is 148 Å². The summed E-state index contributed by atoms with van der Waals surface area (Å²) in [6.45, 7) is 0.761. The van der Waals surface area contributed by atoms with Crippen LogP contribution in [0.4, 0.5) is 0 Å². The van der Waals surface area contributed by atoms with E-state index < -0.39 is 0 Å². The lowest BCUT2D eigenvalue weighted by molar-refractivity contribution is 0.193. The van der Waals surface area contributed by atoms with Crippen LogP contribution in [0.3, 0.4) is 0 Å². The second kappa shape index (κ2) is 6.05. The molecule has 0 bridgehead atoms. The minimum absolute atomic E-state index is 0.299. The zero-order valence-corrected chi connectivity index (χ0v) is 14.0. The summed E-state index contributed by atoms with van der Waals surface area (Å²) < 4.78 is 6.13. The SMILES string of the molecule is c1ccc([C@@H]2[C@@H]3COc4ccccc4[C@@H]3N[C@@H]2c2ccccc2)cc1. The number of fused-ring (bicyclic) bond motifs is 3. The van der Waals surface area contributed by atoms with Crippen molar-refractivity contribution in [2.24, 2.45) is 5.92 Å². The van der Waals surface area contributed by atoms with Gasteiger partial charge in [-0.25, -0.2) is 0 Å². The summed E-state index contributed by atoms with van der Waals surface area (Å²) in [7, 11) is 0. The van der Waals surface area contributed by atoms with Crippen LogP contribution in [0.2, 0.25) is 0 Å². The van der Waals surface area contributed by atoms with Crippen molar-refractivity contribution >= 4 is 0 Å². The quantitative estimate of drug-likeness (QED) is 0.725. The van der Waals surface area contributed by atoms with Crippen LogP contribution in [0.5, 0.6) is 5.75 Å². The summed E-state index contributed by atoms with van der Waals surface area (Å²) in [6, 6.07) is 30.8. The van der Waals surface area contributed by atoms with Gasteiger partial charge in [-0.3, -0.25) is 0 Å². The molecular weight excluding hydrogens is 306 g/mol. The molecule has 25 heavy (non-hydrogen) atoms. The summed E-state index contributed by atoms with van der Waals surface area (Å²) >= 11 is 0. The Bertz CT molecular complexity index is 862. The molecule has 0 spiro atoms. The van der Waals surface area contributed by atoms with Gasteiger partial charge in [0.05, 0.1) is 6.61 Å². The van der Waals surface area contributed by atoms with Gasteiger partial charge in [-0.2, -0.15) is 0 Å². The first-order valence-corrected chi connectivity index (χ1v) is 8.99. The molecule has 2 aliphatic rings. The van der Waals surface area contributed by atoms with E-state index in [1.807, 2.05) is 0 Å². The predicted molar refractivity (Wildman–Crippen MR) is 99.7 cm³/mol. The third-order valence-corrected chi connectivity index (χ3v) is 5.64. The van der Waals surface area contributed by atoms with Crippen molar-refractivity contribution < 1.29 is 4.74 Å². The summed E-state index contributed by atoms with van der Waals surface area (Å²) in [5.41, 5.74) is 4.03. The first-order valence-electron chi connectivity index (χ1n) is 8.99. The molecule has 5 rings (SSSR count). The number of ether oxygens (including phenoxy) is 1. The minimum atomic E-state index is 0.299. The van der Waals surface area contributed by atoms with Crippen molar-refractivity contribution in [3.63, 3.8) is 0 Å². The molecule has 2 aliphatic heterocycles. The molecular formula is C23H21NO. The van der Waals surface area contributed by atoms with E-state index in [-0.39, 0.29) is 0 Å². The highest BCUT2D eigenvalue weighted by atomic mass is 16.5. The van der Waals surface area contributed by atoms with Crippen molar-refractivity contribution in [3.05, 3.63) is 102 Å². The van der Waals surface area contributed by atoms with E-state index in [1.165, 1.54) is 16.7 Å². The van der Waals surface area contributed by atoms with E-state index in [4.69, 9.17) is 4.74 Å². The normalized spacial score (nSPS) is 27.2. The number of hydrogen-bond acceptors (Lipinski definition) is 2. The average Bonchev–Trinajstić information content (AvgIpc) is 3.09. The molecule has 0 radical (unpaired) electrons. The molecule has 2 heteroatoms. The van der Waals surface area contributed by atoms with Gasteiger partial charge in [-0.15, -0.1) is 0 Å². The van der Waals surface area contributed by atoms with E-state index in [9.17, 15) is 0 Å². The number of benzene rings is 3. The number of nitrogens with one attached hydrogen (secondary N) is 1. The smallest absolute Gasteiger partial charge is 0.124 e. The molecule has 0 aliphatic carbocycles. The van der Waals surface area contributed by atoms with Gasteiger partial charge in [0.1, 0.15) is 5.75 Å². The monoisotopic (exact) mass is 327 g/mol. The maximum Gasteiger partial charge on any atom is 0.124 e. The van der Waals surface area contributed by atoms with Crippen molar-refractivity contribution in [1.82, 2.24) is 5.32 Å². The third kappa shape index (κ3) is 2.45. The van der Waals surface area contributed by atoms with Crippen molar-refractivity contribution in [2.75, 3.05) is 6.61 Å². The molecule has 1 saturated heterocycles. The summed E-state index contributed by atoms with van der Waals surface area (Å²) in [5.74, 6) is 1.86. The Kier molecular flexibility index (Phi) is 3.57. The number of rotatable bonds is 2. The molecule has 2 heterocycles. The van der Waals surface area contributed by atoms with Gasteiger partial charge in [0.25, 0.3) is 0 Å². The maximum atomic E-state index is 6.13. The molecule has 0 unspecified atom stereocenters. The fraction of sp³-hybridized carbons (Fsp3) is 0.217. The molecule has 2 nitrogen and oxygen atoms in total. The van der Waals surface area contributed by atoms with Crippen molar-refractivity contribution in [1.29, 1.82) is 0 Å². The largest absolute Gasteiger partial charge is 0.493 e. The van der Waals surface area contributed by atoms with Gasteiger partial charge in [0.15, 0.2) is 0 Å². The van der Waals surface area contributed by atoms with Gasteiger partial charge in [-0.1, -0.05) is 78.9 Å². The first-order chi connectivity index (χ1) is 12.4. The molecule has 124 valence electrons. The Morgan fingerprint density at radius 1 is 0.680 bits per heavy atom. The van der Waals surface area contributed by atoms with E-state index in [0.29, 0.717) is 23.9 Å². The summed E-state index contributed by atoms with van der Waals surface area (Å²) in [4.78, 5) is 0. The molecule has 0 amide bonds. The lowest BCUT2D eigenvalue weighted by Crippen LogP contribution is -2.28.